The number of hydrogen-bond donors (Lipinski definition) is 2. The van der Waals surface area contributed by atoms with Crippen molar-refractivity contribution < 1.29 is 18.0 Å². The zero-order valence-electron chi connectivity index (χ0n) is 11.7. The number of benzene rings is 1. The van der Waals surface area contributed by atoms with Crippen LogP contribution in [-0.4, -0.2) is 19.0 Å². The lowest BCUT2D eigenvalue weighted by atomic mass is 9.97. The molecule has 1 aromatic rings. The van der Waals surface area contributed by atoms with E-state index in [9.17, 15) is 18.0 Å². The van der Waals surface area contributed by atoms with E-state index in [2.05, 4.69) is 26.6 Å². The summed E-state index contributed by atoms with van der Waals surface area (Å²) in [5.41, 5.74) is -0.643. The number of hydrogen-bond acceptors (Lipinski definition) is 2. The first-order valence-electron chi connectivity index (χ1n) is 6.72. The molecule has 2 rings (SSSR count). The highest BCUT2D eigenvalue weighted by Gasteiger charge is 2.33. The van der Waals surface area contributed by atoms with Crippen molar-refractivity contribution in [1.29, 1.82) is 0 Å². The molecule has 22 heavy (non-hydrogen) atoms. The Morgan fingerprint density at radius 3 is 2.55 bits per heavy atom. The topological polar surface area (TPSA) is 41.1 Å². The van der Waals surface area contributed by atoms with Gasteiger partial charge in [-0.25, -0.2) is 0 Å². The van der Waals surface area contributed by atoms with Gasteiger partial charge in [0.2, 0.25) is 5.91 Å². The van der Waals surface area contributed by atoms with E-state index in [1.165, 1.54) is 6.07 Å². The molecule has 3 nitrogen and oxygen atoms in total. The van der Waals surface area contributed by atoms with Gasteiger partial charge in [-0.3, -0.25) is 4.79 Å². The van der Waals surface area contributed by atoms with Gasteiger partial charge in [0, 0.05) is 16.9 Å². The maximum atomic E-state index is 13.0. The second-order valence-electron chi connectivity index (χ2n) is 5.04. The van der Waals surface area contributed by atoms with Crippen molar-refractivity contribution in [3.63, 3.8) is 0 Å². The van der Waals surface area contributed by atoms with Crippen LogP contribution in [0.3, 0.4) is 0 Å². The molecule has 1 aliphatic rings. The van der Waals surface area contributed by atoms with Crippen LogP contribution in [0.25, 0.3) is 0 Å². The molecule has 1 aromatic carbocycles. The van der Waals surface area contributed by atoms with E-state index in [4.69, 9.17) is 0 Å². The summed E-state index contributed by atoms with van der Waals surface area (Å²) >= 11 is 3.04. The summed E-state index contributed by atoms with van der Waals surface area (Å²) in [6.45, 7) is 1.43. The van der Waals surface area contributed by atoms with E-state index in [0.29, 0.717) is 4.47 Å². The SMILES string of the molecule is Cl.O=C(NCc1ccc(Br)cc1C(F)(F)F)C1CCNCC1. The third-order valence-corrected chi connectivity index (χ3v) is 4.03. The lowest BCUT2D eigenvalue weighted by Gasteiger charge is -2.22. The summed E-state index contributed by atoms with van der Waals surface area (Å²) in [6.07, 6.45) is -2.99. The molecule has 1 amide bonds. The van der Waals surface area contributed by atoms with Crippen LogP contribution in [0, 0.1) is 5.92 Å². The van der Waals surface area contributed by atoms with Crippen molar-refractivity contribution in [2.45, 2.75) is 25.6 Å². The molecular formula is C14H17BrClF3N2O. The van der Waals surface area contributed by atoms with Crippen LogP contribution in [-0.2, 0) is 17.5 Å². The molecule has 1 saturated heterocycles. The van der Waals surface area contributed by atoms with Crippen LogP contribution >= 0.6 is 28.3 Å². The standard InChI is InChI=1S/C14H16BrF3N2O.ClH/c15-11-2-1-10(12(7-11)14(16,17)18)8-20-13(21)9-3-5-19-6-4-9;/h1-2,7,9,19H,3-6,8H2,(H,20,21);1H. The average molecular weight is 402 g/mol. The zero-order valence-corrected chi connectivity index (χ0v) is 14.1. The second kappa shape index (κ2) is 8.17. The van der Waals surface area contributed by atoms with E-state index in [1.54, 1.807) is 6.07 Å². The van der Waals surface area contributed by atoms with Gasteiger partial charge in [0.25, 0.3) is 0 Å². The molecule has 8 heteroatoms. The highest BCUT2D eigenvalue weighted by atomic mass is 79.9. The Bertz CT molecular complexity index is 519. The quantitative estimate of drug-likeness (QED) is 0.814. The molecule has 1 fully saturated rings. The first-order chi connectivity index (χ1) is 9.88. The highest BCUT2D eigenvalue weighted by molar-refractivity contribution is 9.10. The summed E-state index contributed by atoms with van der Waals surface area (Å²) in [5.74, 6) is -0.288. The van der Waals surface area contributed by atoms with E-state index in [0.717, 1.165) is 32.0 Å². The van der Waals surface area contributed by atoms with Gasteiger partial charge >= 0.3 is 6.18 Å². The first kappa shape index (κ1) is 19.3. The minimum atomic E-state index is -4.43. The van der Waals surface area contributed by atoms with Gasteiger partial charge in [0.05, 0.1) is 5.56 Å². The molecule has 0 spiro atoms. The molecule has 0 atom stereocenters. The smallest absolute Gasteiger partial charge is 0.352 e. The second-order valence-corrected chi connectivity index (χ2v) is 5.96. The number of nitrogens with one attached hydrogen (secondary N) is 2. The lowest BCUT2D eigenvalue weighted by Crippen LogP contribution is -2.38. The van der Waals surface area contributed by atoms with Crippen LogP contribution < -0.4 is 10.6 Å². The summed E-state index contributed by atoms with van der Waals surface area (Å²) < 4.78 is 39.3. The Balaban J connectivity index is 0.00000242. The highest BCUT2D eigenvalue weighted by Crippen LogP contribution is 2.33. The predicted molar refractivity (Wildman–Crippen MR) is 83.8 cm³/mol. The Morgan fingerprint density at radius 2 is 1.95 bits per heavy atom. The lowest BCUT2D eigenvalue weighted by molar-refractivity contribution is -0.138. The van der Waals surface area contributed by atoms with Gasteiger partial charge in [-0.15, -0.1) is 12.4 Å². The average Bonchev–Trinajstić information content (AvgIpc) is 2.45. The summed E-state index contributed by atoms with van der Waals surface area (Å²) in [7, 11) is 0. The number of halogens is 5. The molecule has 1 heterocycles. The Morgan fingerprint density at radius 1 is 1.32 bits per heavy atom. The molecule has 0 aliphatic carbocycles. The van der Waals surface area contributed by atoms with Crippen molar-refractivity contribution in [3.8, 4) is 0 Å². The Labute approximate surface area is 141 Å². The van der Waals surface area contributed by atoms with Crippen molar-refractivity contribution in [2.24, 2.45) is 5.92 Å². The van der Waals surface area contributed by atoms with E-state index >= 15 is 0 Å². The van der Waals surface area contributed by atoms with Gasteiger partial charge in [0.1, 0.15) is 0 Å². The number of rotatable bonds is 3. The Hall–Kier alpha value is -0.790. The van der Waals surface area contributed by atoms with Crippen molar-refractivity contribution >= 4 is 34.2 Å². The van der Waals surface area contributed by atoms with Crippen molar-refractivity contribution in [1.82, 2.24) is 10.6 Å². The van der Waals surface area contributed by atoms with Gasteiger partial charge in [-0.2, -0.15) is 13.2 Å². The van der Waals surface area contributed by atoms with Gasteiger partial charge < -0.3 is 10.6 Å². The van der Waals surface area contributed by atoms with Gasteiger partial charge in [-0.05, 0) is 43.6 Å². The fourth-order valence-corrected chi connectivity index (χ4v) is 2.74. The maximum Gasteiger partial charge on any atom is 0.416 e. The molecule has 0 unspecified atom stereocenters. The minimum Gasteiger partial charge on any atom is -0.352 e. The van der Waals surface area contributed by atoms with E-state index in [1.807, 2.05) is 0 Å². The number of carbonyl (C=O) groups is 1. The van der Waals surface area contributed by atoms with E-state index < -0.39 is 11.7 Å². The fraction of sp³-hybridized carbons (Fsp3) is 0.500. The monoisotopic (exact) mass is 400 g/mol. The molecule has 0 bridgehead atoms. The molecule has 2 N–H and O–H groups in total. The number of carbonyl (C=O) groups excluding carboxylic acids is 1. The summed E-state index contributed by atoms with van der Waals surface area (Å²) in [5, 5.41) is 5.76. The Kier molecular flexibility index (Phi) is 7.15. The number of alkyl halides is 3. The largest absolute Gasteiger partial charge is 0.416 e. The third-order valence-electron chi connectivity index (χ3n) is 3.54. The normalized spacial score (nSPS) is 16.0. The number of piperidine rings is 1. The molecule has 0 aromatic heterocycles. The maximum absolute atomic E-state index is 13.0. The zero-order chi connectivity index (χ0) is 15.5. The molecule has 1 aliphatic heterocycles. The van der Waals surface area contributed by atoms with Crippen molar-refractivity contribution in [3.05, 3.63) is 33.8 Å². The molecular weight excluding hydrogens is 385 g/mol. The molecule has 124 valence electrons. The predicted octanol–water partition coefficient (Wildman–Crippen LogP) is 3.51. The van der Waals surface area contributed by atoms with Crippen LogP contribution in [0.15, 0.2) is 22.7 Å². The molecule has 0 saturated carbocycles. The number of amides is 1. The van der Waals surface area contributed by atoms with Crippen molar-refractivity contribution in [2.75, 3.05) is 13.1 Å². The summed E-state index contributed by atoms with van der Waals surface area (Å²) in [6, 6.07) is 3.96. The first-order valence-corrected chi connectivity index (χ1v) is 7.51. The van der Waals surface area contributed by atoms with Gasteiger partial charge in [-0.1, -0.05) is 22.0 Å². The van der Waals surface area contributed by atoms with E-state index in [-0.39, 0.29) is 36.3 Å². The van der Waals surface area contributed by atoms with Crippen LogP contribution in [0.5, 0.6) is 0 Å². The summed E-state index contributed by atoms with van der Waals surface area (Å²) in [4.78, 5) is 12.0. The van der Waals surface area contributed by atoms with Crippen LogP contribution in [0.4, 0.5) is 13.2 Å². The molecule has 0 radical (unpaired) electrons. The third kappa shape index (κ3) is 5.14. The van der Waals surface area contributed by atoms with Crippen LogP contribution in [0.1, 0.15) is 24.0 Å². The van der Waals surface area contributed by atoms with Gasteiger partial charge in [0.15, 0.2) is 0 Å². The fourth-order valence-electron chi connectivity index (χ4n) is 2.38. The minimum absolute atomic E-state index is 0. The van der Waals surface area contributed by atoms with Crippen LogP contribution in [0.2, 0.25) is 0 Å².